The maximum atomic E-state index is 13.4. The minimum Gasteiger partial charge on any atom is -0.462 e. The monoisotopic (exact) mass is 466 g/mol. The molecule has 0 spiro atoms. The van der Waals surface area contributed by atoms with Gasteiger partial charge in [0.25, 0.3) is 5.56 Å². The first-order valence-corrected chi connectivity index (χ1v) is 10.9. The lowest BCUT2D eigenvalue weighted by Gasteiger charge is -2.10. The second-order valence-electron chi connectivity index (χ2n) is 7.07. The highest BCUT2D eigenvalue weighted by molar-refractivity contribution is 7.19. The van der Waals surface area contributed by atoms with E-state index in [-0.39, 0.29) is 18.7 Å². The van der Waals surface area contributed by atoms with Gasteiger partial charge in [-0.1, -0.05) is 0 Å². The van der Waals surface area contributed by atoms with Gasteiger partial charge in [-0.3, -0.25) is 9.59 Å². The number of benzene rings is 2. The molecule has 10 heteroatoms. The van der Waals surface area contributed by atoms with E-state index in [0.717, 1.165) is 4.68 Å². The van der Waals surface area contributed by atoms with Crippen LogP contribution in [-0.2, 0) is 16.1 Å². The van der Waals surface area contributed by atoms with E-state index in [1.165, 1.54) is 35.6 Å². The number of fused-ring (bicyclic) bond motifs is 1. The number of amides is 1. The molecule has 4 aromatic rings. The number of halogens is 1. The SMILES string of the molecule is CCOC(=O)c1ccc(NC(=O)Cn2nc(-c3ccc(F)cc3)c3sc(C)nc3c2=O)cc1. The zero-order valence-electron chi connectivity index (χ0n) is 17.8. The highest BCUT2D eigenvalue weighted by atomic mass is 32.1. The molecular formula is C23H19FN4O4S. The normalized spacial score (nSPS) is 10.9. The summed E-state index contributed by atoms with van der Waals surface area (Å²) in [6.45, 7) is 3.41. The van der Waals surface area contributed by atoms with E-state index < -0.39 is 23.3 Å². The van der Waals surface area contributed by atoms with Gasteiger partial charge in [0.2, 0.25) is 5.91 Å². The summed E-state index contributed by atoms with van der Waals surface area (Å²) in [6, 6.07) is 11.9. The number of carbonyl (C=O) groups excluding carboxylic acids is 2. The van der Waals surface area contributed by atoms with Crippen LogP contribution in [-0.4, -0.2) is 33.2 Å². The van der Waals surface area contributed by atoms with E-state index >= 15 is 0 Å². The van der Waals surface area contributed by atoms with E-state index in [2.05, 4.69) is 15.4 Å². The molecular weight excluding hydrogens is 447 g/mol. The first-order chi connectivity index (χ1) is 15.9. The molecule has 0 saturated heterocycles. The Kier molecular flexibility index (Phi) is 6.27. The number of thiazole rings is 1. The third-order valence-electron chi connectivity index (χ3n) is 4.70. The summed E-state index contributed by atoms with van der Waals surface area (Å²) < 4.78 is 19.9. The number of aromatic nitrogens is 3. The van der Waals surface area contributed by atoms with Crippen LogP contribution in [0.25, 0.3) is 21.5 Å². The quantitative estimate of drug-likeness (QED) is 0.434. The van der Waals surface area contributed by atoms with Crippen molar-refractivity contribution in [3.05, 3.63) is 75.3 Å². The van der Waals surface area contributed by atoms with Crippen molar-refractivity contribution in [2.45, 2.75) is 20.4 Å². The summed E-state index contributed by atoms with van der Waals surface area (Å²) in [6.07, 6.45) is 0. The smallest absolute Gasteiger partial charge is 0.338 e. The van der Waals surface area contributed by atoms with Crippen molar-refractivity contribution in [3.8, 4) is 11.3 Å². The van der Waals surface area contributed by atoms with E-state index in [1.54, 1.807) is 38.1 Å². The van der Waals surface area contributed by atoms with Gasteiger partial charge in [-0.05, 0) is 62.4 Å². The molecule has 168 valence electrons. The Hall–Kier alpha value is -3.92. The fraction of sp³-hybridized carbons (Fsp3) is 0.174. The summed E-state index contributed by atoms with van der Waals surface area (Å²) in [5, 5.41) is 7.74. The fourth-order valence-electron chi connectivity index (χ4n) is 3.21. The van der Waals surface area contributed by atoms with Crippen molar-refractivity contribution in [3.63, 3.8) is 0 Å². The van der Waals surface area contributed by atoms with Gasteiger partial charge in [-0.15, -0.1) is 11.3 Å². The summed E-state index contributed by atoms with van der Waals surface area (Å²) >= 11 is 1.31. The number of anilines is 1. The van der Waals surface area contributed by atoms with Crippen LogP contribution in [0.15, 0.2) is 53.3 Å². The van der Waals surface area contributed by atoms with E-state index in [9.17, 15) is 18.8 Å². The molecule has 0 unspecified atom stereocenters. The number of esters is 1. The van der Waals surface area contributed by atoms with Crippen LogP contribution in [0, 0.1) is 12.7 Å². The highest BCUT2D eigenvalue weighted by Crippen LogP contribution is 2.29. The minimum atomic E-state index is -0.493. The van der Waals surface area contributed by atoms with Gasteiger partial charge in [0.05, 0.1) is 21.9 Å². The number of hydrogen-bond donors (Lipinski definition) is 1. The molecule has 2 aromatic heterocycles. The van der Waals surface area contributed by atoms with E-state index in [1.807, 2.05) is 0 Å². The predicted molar refractivity (Wildman–Crippen MR) is 123 cm³/mol. The largest absolute Gasteiger partial charge is 0.462 e. The Balaban J connectivity index is 1.61. The molecule has 0 fully saturated rings. The minimum absolute atomic E-state index is 0.207. The molecule has 2 aromatic carbocycles. The van der Waals surface area contributed by atoms with Crippen LogP contribution >= 0.6 is 11.3 Å². The number of hydrogen-bond acceptors (Lipinski definition) is 7. The molecule has 8 nitrogen and oxygen atoms in total. The van der Waals surface area contributed by atoms with Crippen molar-refractivity contribution < 1.29 is 18.7 Å². The Morgan fingerprint density at radius 1 is 1.12 bits per heavy atom. The lowest BCUT2D eigenvalue weighted by Crippen LogP contribution is -2.30. The van der Waals surface area contributed by atoms with Gasteiger partial charge in [0.1, 0.15) is 18.1 Å². The molecule has 1 amide bonds. The molecule has 2 heterocycles. The van der Waals surface area contributed by atoms with Crippen molar-refractivity contribution >= 4 is 39.1 Å². The zero-order chi connectivity index (χ0) is 23.5. The third kappa shape index (κ3) is 4.80. The Labute approximate surface area is 191 Å². The number of rotatable bonds is 6. The van der Waals surface area contributed by atoms with Gasteiger partial charge >= 0.3 is 5.97 Å². The van der Waals surface area contributed by atoms with Crippen molar-refractivity contribution in [2.75, 3.05) is 11.9 Å². The number of ether oxygens (including phenoxy) is 1. The lowest BCUT2D eigenvalue weighted by molar-refractivity contribution is -0.117. The van der Waals surface area contributed by atoms with Crippen LogP contribution in [0.2, 0.25) is 0 Å². The average molecular weight is 466 g/mol. The molecule has 0 atom stereocenters. The van der Waals surface area contributed by atoms with Gasteiger partial charge in [-0.25, -0.2) is 18.9 Å². The Bertz CT molecular complexity index is 1400. The molecule has 33 heavy (non-hydrogen) atoms. The second-order valence-corrected chi connectivity index (χ2v) is 8.28. The molecule has 0 aliphatic carbocycles. The van der Waals surface area contributed by atoms with Crippen LogP contribution in [0.4, 0.5) is 10.1 Å². The molecule has 0 aliphatic heterocycles. The summed E-state index contributed by atoms with van der Waals surface area (Å²) in [5.74, 6) is -1.33. The summed E-state index contributed by atoms with van der Waals surface area (Å²) in [7, 11) is 0. The van der Waals surface area contributed by atoms with Gasteiger partial charge in [0.15, 0.2) is 5.52 Å². The van der Waals surface area contributed by atoms with Gasteiger partial charge in [-0.2, -0.15) is 5.10 Å². The predicted octanol–water partition coefficient (Wildman–Crippen LogP) is 3.78. The highest BCUT2D eigenvalue weighted by Gasteiger charge is 2.18. The molecule has 1 N–H and O–H groups in total. The fourth-order valence-corrected chi connectivity index (χ4v) is 4.13. The van der Waals surface area contributed by atoms with Crippen LogP contribution in [0.3, 0.4) is 0 Å². The van der Waals surface area contributed by atoms with E-state index in [0.29, 0.717) is 32.2 Å². The molecule has 4 rings (SSSR count). The van der Waals surface area contributed by atoms with Crippen LogP contribution < -0.4 is 10.9 Å². The average Bonchev–Trinajstić information content (AvgIpc) is 3.19. The Morgan fingerprint density at radius 2 is 1.82 bits per heavy atom. The number of nitrogens with one attached hydrogen (secondary N) is 1. The van der Waals surface area contributed by atoms with Crippen molar-refractivity contribution in [2.24, 2.45) is 0 Å². The molecule has 0 radical (unpaired) electrons. The molecule has 0 aliphatic rings. The standard InChI is InChI=1S/C23H19FN4O4S/c1-3-32-23(31)15-6-10-17(11-7-15)26-18(29)12-28-22(30)20-21(33-13(2)25-20)19(27-28)14-4-8-16(24)9-5-14/h4-11H,3,12H2,1-2H3,(H,26,29). The third-order valence-corrected chi connectivity index (χ3v) is 5.68. The number of nitrogens with zero attached hydrogens (tertiary/aromatic N) is 3. The summed E-state index contributed by atoms with van der Waals surface area (Å²) in [4.78, 5) is 41.6. The molecule has 0 saturated carbocycles. The maximum absolute atomic E-state index is 13.4. The topological polar surface area (TPSA) is 103 Å². The first kappa shape index (κ1) is 22.3. The number of aryl methyl sites for hydroxylation is 1. The lowest BCUT2D eigenvalue weighted by atomic mass is 10.1. The van der Waals surface area contributed by atoms with E-state index in [4.69, 9.17) is 4.74 Å². The summed E-state index contributed by atoms with van der Waals surface area (Å²) in [5.41, 5.74) is 1.58. The molecule has 0 bridgehead atoms. The van der Waals surface area contributed by atoms with Crippen molar-refractivity contribution in [1.82, 2.24) is 14.8 Å². The zero-order valence-corrected chi connectivity index (χ0v) is 18.6. The Morgan fingerprint density at radius 3 is 2.48 bits per heavy atom. The first-order valence-electron chi connectivity index (χ1n) is 10.1. The van der Waals surface area contributed by atoms with Crippen LogP contribution in [0.1, 0.15) is 22.3 Å². The number of carbonyl (C=O) groups is 2. The van der Waals surface area contributed by atoms with Crippen LogP contribution in [0.5, 0.6) is 0 Å². The van der Waals surface area contributed by atoms with Gasteiger partial charge in [0, 0.05) is 11.3 Å². The maximum Gasteiger partial charge on any atom is 0.338 e. The van der Waals surface area contributed by atoms with Gasteiger partial charge < -0.3 is 10.1 Å². The second kappa shape index (κ2) is 9.29. The van der Waals surface area contributed by atoms with Crippen molar-refractivity contribution in [1.29, 1.82) is 0 Å².